The van der Waals surface area contributed by atoms with Gasteiger partial charge in [-0.1, -0.05) is 77.1 Å². The van der Waals surface area contributed by atoms with E-state index in [9.17, 15) is 59.5 Å². The number of non-ortho nitro benzene ring substituents is 2. The van der Waals surface area contributed by atoms with E-state index < -0.39 is 107 Å². The number of aliphatic hydroxyl groups is 2. The third-order valence-electron chi connectivity index (χ3n) is 12.3. The Balaban J connectivity index is 1.63. The molecule has 2 aliphatic heterocycles. The maximum Gasteiger partial charge on any atom is 0.346 e. The molecule has 20 nitrogen and oxygen atoms in total. The Bertz CT molecular complexity index is 2410. The number of hydrogen-bond acceptors (Lipinski definition) is 17. The molecule has 370 valence electrons. The second-order valence-electron chi connectivity index (χ2n) is 17.5. The Hall–Kier alpha value is -6.87. The number of carbonyl (C=O) groups is 5. The van der Waals surface area contributed by atoms with Crippen molar-refractivity contribution in [3.05, 3.63) is 140 Å². The molecule has 0 radical (unpaired) electrons. The van der Waals surface area contributed by atoms with E-state index in [2.05, 4.69) is 6.58 Å². The monoisotopic (exact) mass is 960 g/mol. The van der Waals surface area contributed by atoms with Gasteiger partial charge in [0.05, 0.1) is 9.85 Å². The zero-order valence-electron chi connectivity index (χ0n) is 38.7. The van der Waals surface area contributed by atoms with Crippen molar-refractivity contribution in [3.8, 4) is 0 Å². The molecule has 3 aromatic carbocycles. The van der Waals surface area contributed by atoms with Crippen molar-refractivity contribution in [1.82, 2.24) is 0 Å². The first-order valence-electron chi connectivity index (χ1n) is 22.2. The number of aliphatic hydroxyl groups excluding tert-OH is 1. The van der Waals surface area contributed by atoms with Gasteiger partial charge in [-0.25, -0.2) is 19.2 Å². The van der Waals surface area contributed by atoms with Crippen molar-refractivity contribution in [2.24, 2.45) is 17.8 Å². The Morgan fingerprint density at radius 3 is 1.91 bits per heavy atom. The zero-order valence-corrected chi connectivity index (χ0v) is 38.7. The molecule has 3 aromatic rings. The zero-order chi connectivity index (χ0) is 50.8. The van der Waals surface area contributed by atoms with Crippen LogP contribution in [0.2, 0.25) is 0 Å². The number of aliphatic carboxylic acids is 1. The van der Waals surface area contributed by atoms with Crippen molar-refractivity contribution in [2.75, 3.05) is 0 Å². The minimum absolute atomic E-state index is 0.0969. The molecule has 0 spiro atoms. The average Bonchev–Trinajstić information content (AvgIpc) is 3.53. The van der Waals surface area contributed by atoms with Crippen LogP contribution >= 0.6 is 0 Å². The lowest BCUT2D eigenvalue weighted by Crippen LogP contribution is -2.78. The van der Waals surface area contributed by atoms with Gasteiger partial charge in [0, 0.05) is 49.6 Å². The largest absolute Gasteiger partial charge is 0.479 e. The Morgan fingerprint density at radius 2 is 1.41 bits per heavy atom. The van der Waals surface area contributed by atoms with Gasteiger partial charge < -0.3 is 43.7 Å². The summed E-state index contributed by atoms with van der Waals surface area (Å²) in [7, 11) is 0. The van der Waals surface area contributed by atoms with Crippen molar-refractivity contribution in [1.29, 1.82) is 0 Å². The number of nitro benzene ring substituents is 2. The number of nitrogens with zero attached hydrogens (tertiary/aromatic N) is 2. The number of carbonyl (C=O) groups excluding carboxylic acids is 4. The molecule has 0 saturated carbocycles. The fraction of sp³-hybridized carbons (Fsp3) is 0.449. The van der Waals surface area contributed by atoms with E-state index in [4.69, 9.17) is 28.4 Å². The van der Waals surface area contributed by atoms with Crippen molar-refractivity contribution in [2.45, 2.75) is 121 Å². The average molecular weight is 961 g/mol. The van der Waals surface area contributed by atoms with Crippen molar-refractivity contribution >= 4 is 41.2 Å². The standard InChI is InChI=1S/C49H56N2O18/c1-7-29(2)25-30(3)13-22-39(53)67-42-41(54)47(24-23-31(4)40(66-33(6)52)32(5)26-34-11-9-8-10-12-34)68-43(44(55)56)48(59,45(57)64-27-35-14-18-37(19-15-35)50(60)61)49(42,69-47)46(58)65-28-36-16-20-38(21-17-36)51(62)63/h8-22,29-30,32,40-43,54,59H,4,7,23-28H2,1-3,5-6H3,(H,55,56)/b22-13+/t29-,30+,32+,40+,41+,42+,43+,47-,48+,49-/m0/s1. The van der Waals surface area contributed by atoms with Gasteiger partial charge in [-0.15, -0.1) is 0 Å². The molecule has 2 bridgehead atoms. The maximum absolute atomic E-state index is 15.0. The van der Waals surface area contributed by atoms with Crippen molar-refractivity contribution < 1.29 is 77.6 Å². The van der Waals surface area contributed by atoms with Gasteiger partial charge in [0.2, 0.25) is 17.5 Å². The summed E-state index contributed by atoms with van der Waals surface area (Å²) >= 11 is 0. The second-order valence-corrected chi connectivity index (χ2v) is 17.5. The first-order chi connectivity index (χ1) is 32.6. The fourth-order valence-electron chi connectivity index (χ4n) is 8.50. The lowest BCUT2D eigenvalue weighted by molar-refractivity contribution is -0.385. The third-order valence-corrected chi connectivity index (χ3v) is 12.3. The first-order valence-corrected chi connectivity index (χ1v) is 22.2. The van der Waals surface area contributed by atoms with E-state index in [1.807, 2.05) is 51.1 Å². The fourth-order valence-corrected chi connectivity index (χ4v) is 8.50. The molecule has 0 aromatic heterocycles. The van der Waals surface area contributed by atoms with E-state index >= 15 is 0 Å². The van der Waals surface area contributed by atoms with Crippen LogP contribution in [0.3, 0.4) is 0 Å². The highest BCUT2D eigenvalue weighted by Gasteiger charge is 2.86. The van der Waals surface area contributed by atoms with Crippen LogP contribution < -0.4 is 0 Å². The molecule has 0 aliphatic carbocycles. The molecule has 2 aliphatic rings. The smallest absolute Gasteiger partial charge is 0.346 e. The summed E-state index contributed by atoms with van der Waals surface area (Å²) < 4.78 is 34.7. The van der Waals surface area contributed by atoms with Gasteiger partial charge >= 0.3 is 29.8 Å². The Kier molecular flexibility index (Phi) is 17.3. The molecule has 3 N–H and O–H groups in total. The summed E-state index contributed by atoms with van der Waals surface area (Å²) in [5, 5.41) is 58.7. The predicted molar refractivity (Wildman–Crippen MR) is 241 cm³/mol. The molecule has 2 heterocycles. The van der Waals surface area contributed by atoms with Gasteiger partial charge in [-0.2, -0.15) is 0 Å². The van der Waals surface area contributed by atoms with Crippen LogP contribution in [0.1, 0.15) is 77.0 Å². The second kappa shape index (κ2) is 22.5. The molecular weight excluding hydrogens is 905 g/mol. The highest BCUT2D eigenvalue weighted by Crippen LogP contribution is 2.56. The minimum atomic E-state index is -3.88. The summed E-state index contributed by atoms with van der Waals surface area (Å²) in [6.45, 7) is 11.4. The van der Waals surface area contributed by atoms with Crippen LogP contribution in [-0.4, -0.2) is 96.4 Å². The van der Waals surface area contributed by atoms with Crippen molar-refractivity contribution in [3.63, 3.8) is 0 Å². The number of carboxylic acid groups (broad SMARTS) is 1. The molecular formula is C49H56N2O18. The minimum Gasteiger partial charge on any atom is -0.479 e. The normalized spacial score (nSPS) is 24.5. The molecule has 20 heteroatoms. The number of allylic oxidation sites excluding steroid dienone is 1. The molecule has 2 saturated heterocycles. The van der Waals surface area contributed by atoms with Gasteiger partial charge in [0.25, 0.3) is 17.0 Å². The maximum atomic E-state index is 15.0. The molecule has 10 atom stereocenters. The summed E-state index contributed by atoms with van der Waals surface area (Å²) in [6.07, 6.45) is -5.32. The number of fused-ring (bicyclic) bond motifs is 2. The number of benzene rings is 3. The molecule has 69 heavy (non-hydrogen) atoms. The van der Waals surface area contributed by atoms with Gasteiger partial charge in [-0.05, 0) is 77.6 Å². The van der Waals surface area contributed by atoms with Gasteiger partial charge in [-0.3, -0.25) is 25.0 Å². The van der Waals surface area contributed by atoms with E-state index in [0.717, 1.165) is 42.3 Å². The van der Waals surface area contributed by atoms with Gasteiger partial charge in [0.15, 0.2) is 6.10 Å². The van der Waals surface area contributed by atoms with Crippen LogP contribution in [0.15, 0.2) is 103 Å². The number of carboxylic acids is 1. The van der Waals surface area contributed by atoms with Crippen LogP contribution in [0.5, 0.6) is 0 Å². The number of nitro groups is 2. The number of hydrogen-bond donors (Lipinski definition) is 3. The summed E-state index contributed by atoms with van der Waals surface area (Å²) in [6, 6.07) is 18.4. The Labute approximate surface area is 397 Å². The van der Waals surface area contributed by atoms with Crippen LogP contribution in [0, 0.1) is 38.0 Å². The van der Waals surface area contributed by atoms with Crippen LogP contribution in [0.4, 0.5) is 11.4 Å². The van der Waals surface area contributed by atoms with Crippen LogP contribution in [0.25, 0.3) is 0 Å². The number of esters is 4. The van der Waals surface area contributed by atoms with E-state index in [1.54, 1.807) is 6.92 Å². The summed E-state index contributed by atoms with van der Waals surface area (Å²) in [5.41, 5.74) is -6.74. The predicted octanol–water partition coefficient (Wildman–Crippen LogP) is 6.02. The lowest BCUT2D eigenvalue weighted by atomic mass is 9.74. The topological polar surface area (TPSA) is 288 Å². The third kappa shape index (κ3) is 11.9. The molecule has 0 amide bonds. The summed E-state index contributed by atoms with van der Waals surface area (Å²) in [5.74, 6) is -10.7. The highest BCUT2D eigenvalue weighted by molar-refractivity contribution is 5.99. The number of ether oxygens (including phenoxy) is 6. The molecule has 5 rings (SSSR count). The quantitative estimate of drug-likeness (QED) is 0.0245. The van der Waals surface area contributed by atoms with E-state index in [-0.39, 0.29) is 46.3 Å². The van der Waals surface area contributed by atoms with E-state index in [0.29, 0.717) is 12.8 Å². The Morgan fingerprint density at radius 1 is 0.855 bits per heavy atom. The van der Waals surface area contributed by atoms with Crippen LogP contribution in [-0.2, 0) is 72.0 Å². The van der Waals surface area contributed by atoms with E-state index in [1.165, 1.54) is 37.3 Å². The molecule has 0 unspecified atom stereocenters. The highest BCUT2D eigenvalue weighted by atomic mass is 16.8. The SMILES string of the molecule is C=C(CC[C@]12O[C@H](C(=O)O)[C@@](O)(C(=O)OCc3ccc([N+](=O)[O-])cc3)[C@](C(=O)OCc3ccc([N+](=O)[O-])cc3)(O1)[C@H](OC(=O)/C=C/[C@@H](C)C[C@@H](C)CC)[C@H]2O)[C@@H](OC(C)=O)[C@H](C)Cc1ccccc1. The lowest BCUT2D eigenvalue weighted by Gasteiger charge is -2.49. The molecule has 2 fully saturated rings. The summed E-state index contributed by atoms with van der Waals surface area (Å²) in [4.78, 5) is 90.5. The first kappa shape index (κ1) is 53.1. The van der Waals surface area contributed by atoms with Gasteiger partial charge in [0.1, 0.15) is 25.4 Å². The number of rotatable bonds is 23.